The molecular weight excluding hydrogens is 246 g/mol. The van der Waals surface area contributed by atoms with E-state index < -0.39 is 9.84 Å². The van der Waals surface area contributed by atoms with Crippen LogP contribution in [-0.4, -0.2) is 27.0 Å². The van der Waals surface area contributed by atoms with E-state index in [2.05, 4.69) is 30.4 Å². The first-order valence-electron chi connectivity index (χ1n) is 6.31. The zero-order valence-corrected chi connectivity index (χ0v) is 12.5. The van der Waals surface area contributed by atoms with Gasteiger partial charge < -0.3 is 5.32 Å². The molecule has 1 aromatic rings. The van der Waals surface area contributed by atoms with Crippen molar-refractivity contribution in [1.29, 1.82) is 0 Å². The number of sulfone groups is 1. The fourth-order valence-electron chi connectivity index (χ4n) is 2.11. The molecule has 0 amide bonds. The van der Waals surface area contributed by atoms with Gasteiger partial charge in [-0.15, -0.1) is 0 Å². The second-order valence-electron chi connectivity index (χ2n) is 5.02. The highest BCUT2D eigenvalue weighted by Crippen LogP contribution is 2.18. The topological polar surface area (TPSA) is 46.2 Å². The number of hydrogen-bond acceptors (Lipinski definition) is 3. The Kier molecular flexibility index (Phi) is 5.35. The Balaban J connectivity index is 3.00. The van der Waals surface area contributed by atoms with Crippen LogP contribution in [-0.2, 0) is 9.84 Å². The summed E-state index contributed by atoms with van der Waals surface area (Å²) >= 11 is 0. The average molecular weight is 269 g/mol. The molecule has 18 heavy (non-hydrogen) atoms. The molecule has 0 aliphatic heterocycles. The number of rotatable bonds is 6. The summed E-state index contributed by atoms with van der Waals surface area (Å²) in [4.78, 5) is 0. The monoisotopic (exact) mass is 269 g/mol. The lowest BCUT2D eigenvalue weighted by Gasteiger charge is -2.19. The zero-order chi connectivity index (χ0) is 13.8. The van der Waals surface area contributed by atoms with Gasteiger partial charge in [-0.1, -0.05) is 36.2 Å². The van der Waals surface area contributed by atoms with E-state index in [4.69, 9.17) is 0 Å². The minimum atomic E-state index is -2.99. The van der Waals surface area contributed by atoms with Crippen molar-refractivity contribution in [3.63, 3.8) is 0 Å². The molecule has 4 heteroatoms. The van der Waals surface area contributed by atoms with Crippen LogP contribution < -0.4 is 5.32 Å². The van der Waals surface area contributed by atoms with E-state index in [1.165, 1.54) is 17.4 Å². The highest BCUT2D eigenvalue weighted by atomic mass is 32.2. The van der Waals surface area contributed by atoms with Gasteiger partial charge in [-0.2, -0.15) is 0 Å². The van der Waals surface area contributed by atoms with Crippen molar-refractivity contribution in [2.45, 2.75) is 33.2 Å². The van der Waals surface area contributed by atoms with Gasteiger partial charge in [-0.25, -0.2) is 8.42 Å². The maximum Gasteiger partial charge on any atom is 0.149 e. The van der Waals surface area contributed by atoms with E-state index in [9.17, 15) is 8.42 Å². The quantitative estimate of drug-likeness (QED) is 0.862. The van der Waals surface area contributed by atoms with Crippen LogP contribution in [0.4, 0.5) is 0 Å². The summed E-state index contributed by atoms with van der Waals surface area (Å²) in [5, 5.41) is 3.32. The van der Waals surface area contributed by atoms with Gasteiger partial charge in [0.25, 0.3) is 0 Å². The molecule has 1 atom stereocenters. The maximum absolute atomic E-state index is 11.5. The van der Waals surface area contributed by atoms with Crippen LogP contribution in [0.1, 0.15) is 36.1 Å². The fraction of sp³-hybridized carbons (Fsp3) is 0.571. The van der Waals surface area contributed by atoms with Crippen molar-refractivity contribution in [1.82, 2.24) is 5.32 Å². The van der Waals surface area contributed by atoms with Gasteiger partial charge in [0.05, 0.1) is 5.75 Å². The first-order valence-corrected chi connectivity index (χ1v) is 8.37. The van der Waals surface area contributed by atoms with Gasteiger partial charge in [0.15, 0.2) is 0 Å². The van der Waals surface area contributed by atoms with Gasteiger partial charge in [0.1, 0.15) is 9.84 Å². The summed E-state index contributed by atoms with van der Waals surface area (Å²) in [6, 6.07) is 6.11. The standard InChI is InChI=1S/C14H23NO2S/c1-5-6-15-14(10-18(4,16)17)13-8-11(2)7-12(3)9-13/h7-9,14-15H,5-6,10H2,1-4H3. The minimum absolute atomic E-state index is 0.112. The number of hydrogen-bond donors (Lipinski definition) is 1. The Hall–Kier alpha value is -0.870. The molecule has 0 saturated heterocycles. The molecule has 0 aliphatic carbocycles. The van der Waals surface area contributed by atoms with Crippen molar-refractivity contribution in [2.24, 2.45) is 0 Å². The molecule has 0 bridgehead atoms. The van der Waals surface area contributed by atoms with Crippen LogP contribution >= 0.6 is 0 Å². The lowest BCUT2D eigenvalue weighted by atomic mass is 10.0. The first-order chi connectivity index (χ1) is 8.31. The van der Waals surface area contributed by atoms with Crippen molar-refractivity contribution in [2.75, 3.05) is 18.6 Å². The lowest BCUT2D eigenvalue weighted by Crippen LogP contribution is -2.28. The highest BCUT2D eigenvalue weighted by Gasteiger charge is 2.17. The molecule has 0 heterocycles. The van der Waals surface area contributed by atoms with Crippen molar-refractivity contribution >= 4 is 9.84 Å². The number of nitrogens with one attached hydrogen (secondary N) is 1. The SMILES string of the molecule is CCCNC(CS(C)(=O)=O)c1cc(C)cc(C)c1. The van der Waals surface area contributed by atoms with Crippen molar-refractivity contribution in [3.05, 3.63) is 34.9 Å². The normalized spacial score (nSPS) is 13.6. The molecule has 1 N–H and O–H groups in total. The molecule has 0 fully saturated rings. The van der Waals surface area contributed by atoms with Crippen LogP contribution in [0.15, 0.2) is 18.2 Å². The van der Waals surface area contributed by atoms with Gasteiger partial charge in [0, 0.05) is 12.3 Å². The van der Waals surface area contributed by atoms with Crippen molar-refractivity contribution < 1.29 is 8.42 Å². The molecule has 0 aromatic heterocycles. The predicted octanol–water partition coefficient (Wildman–Crippen LogP) is 2.39. The van der Waals surface area contributed by atoms with E-state index in [1.807, 2.05) is 13.8 Å². The Bertz CT molecular complexity index is 474. The lowest BCUT2D eigenvalue weighted by molar-refractivity contribution is 0.549. The van der Waals surface area contributed by atoms with E-state index in [1.54, 1.807) is 0 Å². The number of benzene rings is 1. The van der Waals surface area contributed by atoms with Crippen molar-refractivity contribution in [3.8, 4) is 0 Å². The zero-order valence-electron chi connectivity index (χ0n) is 11.7. The van der Waals surface area contributed by atoms with Crippen LogP contribution in [0.2, 0.25) is 0 Å². The molecule has 1 unspecified atom stereocenters. The van der Waals surface area contributed by atoms with E-state index in [0.29, 0.717) is 0 Å². The fourth-order valence-corrected chi connectivity index (χ4v) is 3.02. The molecule has 0 aliphatic rings. The van der Waals surface area contributed by atoms with Crippen LogP contribution in [0.5, 0.6) is 0 Å². The molecule has 0 saturated carbocycles. The molecule has 1 aromatic carbocycles. The van der Waals surface area contributed by atoms with Crippen LogP contribution in [0, 0.1) is 13.8 Å². The Morgan fingerprint density at radius 2 is 1.72 bits per heavy atom. The van der Waals surface area contributed by atoms with Gasteiger partial charge >= 0.3 is 0 Å². The van der Waals surface area contributed by atoms with Gasteiger partial charge in [-0.05, 0) is 32.4 Å². The smallest absolute Gasteiger partial charge is 0.149 e. The Morgan fingerprint density at radius 1 is 1.17 bits per heavy atom. The van der Waals surface area contributed by atoms with Gasteiger partial charge in [-0.3, -0.25) is 0 Å². The van der Waals surface area contributed by atoms with E-state index in [0.717, 1.165) is 18.5 Å². The molecule has 0 spiro atoms. The molecule has 102 valence electrons. The average Bonchev–Trinajstić information content (AvgIpc) is 2.21. The largest absolute Gasteiger partial charge is 0.309 e. The summed E-state index contributed by atoms with van der Waals surface area (Å²) in [5.41, 5.74) is 3.40. The summed E-state index contributed by atoms with van der Waals surface area (Å²) in [5.74, 6) is 0.149. The maximum atomic E-state index is 11.5. The summed E-state index contributed by atoms with van der Waals surface area (Å²) in [7, 11) is -2.99. The molecular formula is C14H23NO2S. The second kappa shape index (κ2) is 6.34. The Labute approximate surface area is 111 Å². The van der Waals surface area contributed by atoms with E-state index >= 15 is 0 Å². The first kappa shape index (κ1) is 15.2. The van der Waals surface area contributed by atoms with Crippen LogP contribution in [0.3, 0.4) is 0 Å². The van der Waals surface area contributed by atoms with E-state index in [-0.39, 0.29) is 11.8 Å². The van der Waals surface area contributed by atoms with Crippen LogP contribution in [0.25, 0.3) is 0 Å². The minimum Gasteiger partial charge on any atom is -0.309 e. The van der Waals surface area contributed by atoms with Gasteiger partial charge in [0.2, 0.25) is 0 Å². The third kappa shape index (κ3) is 5.19. The Morgan fingerprint density at radius 3 is 2.17 bits per heavy atom. The molecule has 3 nitrogen and oxygen atoms in total. The third-order valence-electron chi connectivity index (χ3n) is 2.76. The summed E-state index contributed by atoms with van der Waals surface area (Å²) in [6.07, 6.45) is 2.28. The number of aryl methyl sites for hydroxylation is 2. The summed E-state index contributed by atoms with van der Waals surface area (Å²) in [6.45, 7) is 6.97. The summed E-state index contributed by atoms with van der Waals surface area (Å²) < 4.78 is 23.0. The highest BCUT2D eigenvalue weighted by molar-refractivity contribution is 7.90. The predicted molar refractivity (Wildman–Crippen MR) is 76.7 cm³/mol. The molecule has 1 rings (SSSR count). The third-order valence-corrected chi connectivity index (χ3v) is 3.70. The molecule has 0 radical (unpaired) electrons. The second-order valence-corrected chi connectivity index (χ2v) is 7.21.